The Balaban J connectivity index is 2.69. The van der Waals surface area contributed by atoms with Gasteiger partial charge in [0.1, 0.15) is 11.8 Å². The Hall–Kier alpha value is -1.79. The van der Waals surface area contributed by atoms with Crippen LogP contribution in [0.1, 0.15) is 11.3 Å². The number of benzene rings is 1. The summed E-state index contributed by atoms with van der Waals surface area (Å²) in [6.45, 7) is 0.0660. The summed E-state index contributed by atoms with van der Waals surface area (Å²) < 4.78 is 0. The van der Waals surface area contributed by atoms with Gasteiger partial charge >= 0.3 is 0 Å². The molecule has 14 heavy (non-hydrogen) atoms. The molecule has 0 fully saturated rings. The fourth-order valence-corrected chi connectivity index (χ4v) is 1.67. The fourth-order valence-electron chi connectivity index (χ4n) is 1.67. The van der Waals surface area contributed by atoms with Crippen LogP contribution in [0.3, 0.4) is 0 Å². The number of fused-ring (bicyclic) bond motifs is 1. The van der Waals surface area contributed by atoms with Crippen LogP contribution >= 0.6 is 0 Å². The van der Waals surface area contributed by atoms with Crippen molar-refractivity contribution in [3.05, 3.63) is 35.5 Å². The minimum absolute atomic E-state index is 0.0660. The SMILES string of the molecule is N#Cc1[nH]c2ccccc2c1CCO. The number of nitriles is 1. The summed E-state index contributed by atoms with van der Waals surface area (Å²) in [5.74, 6) is 0. The van der Waals surface area contributed by atoms with Gasteiger partial charge in [-0.3, -0.25) is 0 Å². The minimum atomic E-state index is 0.0660. The highest BCUT2D eigenvalue weighted by molar-refractivity contribution is 5.85. The van der Waals surface area contributed by atoms with Gasteiger partial charge in [0.15, 0.2) is 0 Å². The molecule has 2 N–H and O–H groups in total. The summed E-state index contributed by atoms with van der Waals surface area (Å²) in [6.07, 6.45) is 0.521. The topological polar surface area (TPSA) is 59.8 Å². The molecule has 3 heteroatoms. The summed E-state index contributed by atoms with van der Waals surface area (Å²) in [4.78, 5) is 3.03. The van der Waals surface area contributed by atoms with E-state index in [4.69, 9.17) is 10.4 Å². The number of aromatic amines is 1. The molecule has 0 saturated carbocycles. The van der Waals surface area contributed by atoms with Crippen LogP contribution < -0.4 is 0 Å². The van der Waals surface area contributed by atoms with Crippen LogP contribution in [0.5, 0.6) is 0 Å². The van der Waals surface area contributed by atoms with Gasteiger partial charge in [0, 0.05) is 17.5 Å². The number of hydrogen-bond donors (Lipinski definition) is 2. The van der Waals surface area contributed by atoms with Crippen molar-refractivity contribution in [2.75, 3.05) is 6.61 Å². The lowest BCUT2D eigenvalue weighted by molar-refractivity contribution is 0.300. The molecule has 1 heterocycles. The first-order valence-corrected chi connectivity index (χ1v) is 4.47. The standard InChI is InChI=1S/C11H10N2O/c12-7-11-9(5-6-14)8-3-1-2-4-10(8)13-11/h1-4,13-14H,5-6H2. The highest BCUT2D eigenvalue weighted by Gasteiger charge is 2.09. The highest BCUT2D eigenvalue weighted by Crippen LogP contribution is 2.21. The normalized spacial score (nSPS) is 10.3. The maximum absolute atomic E-state index is 8.89. The van der Waals surface area contributed by atoms with Gasteiger partial charge < -0.3 is 10.1 Å². The Morgan fingerprint density at radius 1 is 1.36 bits per heavy atom. The van der Waals surface area contributed by atoms with Crippen molar-refractivity contribution in [1.82, 2.24) is 4.98 Å². The number of H-pyrrole nitrogens is 1. The molecule has 0 bridgehead atoms. The van der Waals surface area contributed by atoms with Crippen LogP contribution in [0.15, 0.2) is 24.3 Å². The molecular formula is C11H10N2O. The van der Waals surface area contributed by atoms with Crippen molar-refractivity contribution in [1.29, 1.82) is 5.26 Å². The second-order valence-corrected chi connectivity index (χ2v) is 3.11. The molecule has 0 spiro atoms. The second-order valence-electron chi connectivity index (χ2n) is 3.11. The Kier molecular flexibility index (Phi) is 2.21. The van der Waals surface area contributed by atoms with Gasteiger partial charge in [-0.05, 0) is 18.1 Å². The van der Waals surface area contributed by atoms with E-state index in [-0.39, 0.29) is 6.61 Å². The average Bonchev–Trinajstić information content (AvgIpc) is 2.58. The van der Waals surface area contributed by atoms with Gasteiger partial charge in [-0.15, -0.1) is 0 Å². The van der Waals surface area contributed by atoms with Gasteiger partial charge in [0.05, 0.1) is 0 Å². The van der Waals surface area contributed by atoms with Crippen molar-refractivity contribution in [3.63, 3.8) is 0 Å². The summed E-state index contributed by atoms with van der Waals surface area (Å²) in [6, 6.07) is 9.83. The first kappa shape index (κ1) is 8.79. The highest BCUT2D eigenvalue weighted by atomic mass is 16.2. The van der Waals surface area contributed by atoms with Crippen LogP contribution in [0.4, 0.5) is 0 Å². The van der Waals surface area contributed by atoms with Crippen molar-refractivity contribution in [2.24, 2.45) is 0 Å². The number of aliphatic hydroxyl groups is 1. The zero-order valence-corrected chi connectivity index (χ0v) is 7.62. The molecule has 2 rings (SSSR count). The number of rotatable bonds is 2. The monoisotopic (exact) mass is 186 g/mol. The number of hydrogen-bond acceptors (Lipinski definition) is 2. The van der Waals surface area contributed by atoms with E-state index >= 15 is 0 Å². The molecule has 1 aromatic carbocycles. The maximum atomic E-state index is 8.89. The van der Waals surface area contributed by atoms with Gasteiger partial charge in [-0.1, -0.05) is 18.2 Å². The van der Waals surface area contributed by atoms with Gasteiger partial charge in [0.25, 0.3) is 0 Å². The third-order valence-electron chi connectivity index (χ3n) is 2.29. The maximum Gasteiger partial charge on any atom is 0.121 e. The first-order valence-electron chi connectivity index (χ1n) is 4.47. The summed E-state index contributed by atoms with van der Waals surface area (Å²) in [5, 5.41) is 18.8. The predicted molar refractivity (Wildman–Crippen MR) is 53.8 cm³/mol. The number of aliphatic hydroxyl groups excluding tert-OH is 1. The second kappa shape index (κ2) is 3.52. The quantitative estimate of drug-likeness (QED) is 0.747. The number of aromatic nitrogens is 1. The van der Waals surface area contributed by atoms with E-state index in [0.29, 0.717) is 12.1 Å². The van der Waals surface area contributed by atoms with Crippen molar-refractivity contribution < 1.29 is 5.11 Å². The van der Waals surface area contributed by atoms with Crippen LogP contribution in [0, 0.1) is 11.3 Å². The molecule has 0 aliphatic rings. The molecule has 0 aliphatic heterocycles. The molecule has 0 radical (unpaired) electrons. The molecule has 0 unspecified atom stereocenters. The van der Waals surface area contributed by atoms with E-state index < -0.39 is 0 Å². The Bertz CT molecular complexity index is 493. The van der Waals surface area contributed by atoms with Crippen molar-refractivity contribution >= 4 is 10.9 Å². The number of nitrogens with one attached hydrogen (secondary N) is 1. The van der Waals surface area contributed by atoms with Crippen LogP contribution in [-0.2, 0) is 6.42 Å². The molecule has 0 amide bonds. The summed E-state index contributed by atoms with van der Waals surface area (Å²) in [7, 11) is 0. The van der Waals surface area contributed by atoms with E-state index in [1.807, 2.05) is 24.3 Å². The first-order chi connectivity index (χ1) is 6.86. The Morgan fingerprint density at radius 2 is 2.14 bits per heavy atom. The molecular weight excluding hydrogens is 176 g/mol. The Labute approximate surface area is 81.6 Å². The molecule has 0 aliphatic carbocycles. The third-order valence-corrected chi connectivity index (χ3v) is 2.29. The zero-order chi connectivity index (χ0) is 9.97. The summed E-state index contributed by atoms with van der Waals surface area (Å²) in [5.41, 5.74) is 2.42. The Morgan fingerprint density at radius 3 is 2.86 bits per heavy atom. The molecule has 1 aromatic heterocycles. The van der Waals surface area contributed by atoms with Crippen LogP contribution in [0.2, 0.25) is 0 Å². The minimum Gasteiger partial charge on any atom is -0.396 e. The zero-order valence-electron chi connectivity index (χ0n) is 7.62. The van der Waals surface area contributed by atoms with E-state index in [1.54, 1.807) is 0 Å². The van der Waals surface area contributed by atoms with Crippen LogP contribution in [0.25, 0.3) is 10.9 Å². The third kappa shape index (κ3) is 1.26. The number of nitrogens with zero attached hydrogens (tertiary/aromatic N) is 1. The fraction of sp³-hybridized carbons (Fsp3) is 0.182. The number of para-hydroxylation sites is 1. The lowest BCUT2D eigenvalue weighted by Gasteiger charge is -1.95. The lowest BCUT2D eigenvalue weighted by atomic mass is 10.1. The van der Waals surface area contributed by atoms with Crippen molar-refractivity contribution in [3.8, 4) is 6.07 Å². The predicted octanol–water partition coefficient (Wildman–Crippen LogP) is 1.57. The van der Waals surface area contributed by atoms with Gasteiger partial charge in [0.2, 0.25) is 0 Å². The molecule has 0 saturated heterocycles. The molecule has 0 atom stereocenters. The van der Waals surface area contributed by atoms with Crippen molar-refractivity contribution in [2.45, 2.75) is 6.42 Å². The lowest BCUT2D eigenvalue weighted by Crippen LogP contribution is -1.91. The van der Waals surface area contributed by atoms with E-state index in [2.05, 4.69) is 11.1 Å². The van der Waals surface area contributed by atoms with Gasteiger partial charge in [-0.2, -0.15) is 5.26 Å². The molecule has 3 nitrogen and oxygen atoms in total. The smallest absolute Gasteiger partial charge is 0.121 e. The van der Waals surface area contributed by atoms with E-state index in [0.717, 1.165) is 16.5 Å². The van der Waals surface area contributed by atoms with Gasteiger partial charge in [-0.25, -0.2) is 0 Å². The largest absolute Gasteiger partial charge is 0.396 e. The van der Waals surface area contributed by atoms with Crippen LogP contribution in [-0.4, -0.2) is 16.7 Å². The molecule has 2 aromatic rings. The average molecular weight is 186 g/mol. The summed E-state index contributed by atoms with van der Waals surface area (Å²) >= 11 is 0. The van der Waals surface area contributed by atoms with E-state index in [9.17, 15) is 0 Å². The molecule has 70 valence electrons. The van der Waals surface area contributed by atoms with E-state index in [1.165, 1.54) is 0 Å².